The molecule has 1 aromatic heterocycles. The maximum atomic E-state index is 13.4. The lowest BCUT2D eigenvalue weighted by Gasteiger charge is -2.32. The van der Waals surface area contributed by atoms with Crippen LogP contribution in [0.25, 0.3) is 0 Å². The molecule has 0 radical (unpaired) electrons. The summed E-state index contributed by atoms with van der Waals surface area (Å²) in [5.74, 6) is -0.483. The Hall–Kier alpha value is -4.16. The van der Waals surface area contributed by atoms with E-state index in [9.17, 15) is 9.59 Å². The highest BCUT2D eigenvalue weighted by atomic mass is 35.5. The van der Waals surface area contributed by atoms with E-state index in [0.29, 0.717) is 28.4 Å². The van der Waals surface area contributed by atoms with Crippen molar-refractivity contribution in [2.24, 2.45) is 0 Å². The lowest BCUT2D eigenvalue weighted by atomic mass is 9.98. The van der Waals surface area contributed by atoms with Gasteiger partial charge in [0.15, 0.2) is 0 Å². The summed E-state index contributed by atoms with van der Waals surface area (Å²) in [6, 6.07) is 24.3. The monoisotopic (exact) mass is 496 g/mol. The summed E-state index contributed by atoms with van der Waals surface area (Å²) in [5.41, 5.74) is 5.87. The van der Waals surface area contributed by atoms with Crippen molar-refractivity contribution in [2.75, 3.05) is 16.8 Å². The number of benzene rings is 3. The van der Waals surface area contributed by atoms with Gasteiger partial charge in [0.2, 0.25) is 0 Å². The minimum Gasteiger partial charge on any atom is -0.366 e. The Morgan fingerprint density at radius 2 is 1.72 bits per heavy atom. The van der Waals surface area contributed by atoms with Crippen molar-refractivity contribution < 1.29 is 9.59 Å². The molecule has 0 saturated heterocycles. The summed E-state index contributed by atoms with van der Waals surface area (Å²) in [6.07, 6.45) is 4.33. The summed E-state index contributed by atoms with van der Waals surface area (Å²) in [7, 11) is 0. The Morgan fingerprint density at radius 3 is 2.50 bits per heavy atom. The van der Waals surface area contributed by atoms with Gasteiger partial charge < -0.3 is 15.5 Å². The minimum atomic E-state index is -0.270. The van der Waals surface area contributed by atoms with Crippen LogP contribution in [0.5, 0.6) is 0 Å². The first-order valence-corrected chi connectivity index (χ1v) is 12.1. The number of hydrogen-bond acceptors (Lipinski definition) is 4. The predicted molar refractivity (Wildman–Crippen MR) is 142 cm³/mol. The van der Waals surface area contributed by atoms with E-state index < -0.39 is 0 Å². The summed E-state index contributed by atoms with van der Waals surface area (Å²) in [5, 5.41) is 6.46. The quantitative estimate of drug-likeness (QED) is 0.370. The molecule has 5 rings (SSSR count). The number of aromatic nitrogens is 1. The van der Waals surface area contributed by atoms with Crippen molar-refractivity contribution >= 4 is 34.8 Å². The van der Waals surface area contributed by atoms with Crippen LogP contribution in [0.4, 0.5) is 11.4 Å². The number of hydrogen-bond donors (Lipinski definition) is 2. The Bertz CT molecular complexity index is 1390. The Labute approximate surface area is 214 Å². The fourth-order valence-corrected chi connectivity index (χ4v) is 4.48. The fraction of sp³-hybridized carbons (Fsp3) is 0.138. The van der Waals surface area contributed by atoms with Crippen molar-refractivity contribution in [3.63, 3.8) is 0 Å². The first-order chi connectivity index (χ1) is 17.6. The van der Waals surface area contributed by atoms with Gasteiger partial charge in [-0.25, -0.2) is 0 Å². The highest BCUT2D eigenvalue weighted by Crippen LogP contribution is 2.30. The van der Waals surface area contributed by atoms with Crippen LogP contribution in [0.3, 0.4) is 0 Å². The fourth-order valence-electron chi connectivity index (χ4n) is 4.36. The molecule has 1 aliphatic rings. The number of carbonyl (C=O) groups is 2. The number of halogens is 1. The van der Waals surface area contributed by atoms with Crippen LogP contribution in [0.2, 0.25) is 5.02 Å². The maximum absolute atomic E-state index is 13.4. The molecule has 6 nitrogen and oxygen atoms in total. The molecule has 0 saturated carbocycles. The van der Waals surface area contributed by atoms with Crippen molar-refractivity contribution in [2.45, 2.75) is 19.5 Å². The standard InChI is InChI=1S/C29H25ClN4O2/c30-24-9-7-22(8-10-24)28(35)33-25-11-12-27(34-15-13-21-5-1-2-6-23(21)19-34)26(16-25)29(36)32-18-20-4-3-14-31-17-20/h1-12,14,16-17H,13,15,18-19H2,(H,32,36)(H,33,35). The Balaban J connectivity index is 1.42. The van der Waals surface area contributed by atoms with Gasteiger partial charge >= 0.3 is 0 Å². The molecule has 0 unspecified atom stereocenters. The second kappa shape index (κ2) is 10.6. The van der Waals surface area contributed by atoms with Crippen LogP contribution < -0.4 is 15.5 Å². The Kier molecular flexibility index (Phi) is 6.96. The minimum absolute atomic E-state index is 0.213. The van der Waals surface area contributed by atoms with E-state index in [4.69, 9.17) is 11.6 Å². The predicted octanol–water partition coefficient (Wildman–Crippen LogP) is 5.48. The van der Waals surface area contributed by atoms with Gasteiger partial charge in [-0.2, -0.15) is 0 Å². The van der Waals surface area contributed by atoms with Crippen molar-refractivity contribution in [1.29, 1.82) is 0 Å². The molecule has 3 aromatic carbocycles. The number of anilines is 2. The molecule has 0 spiro atoms. The van der Waals surface area contributed by atoms with Gasteiger partial charge in [0.1, 0.15) is 0 Å². The summed E-state index contributed by atoms with van der Waals surface area (Å²) >= 11 is 5.94. The van der Waals surface area contributed by atoms with Gasteiger partial charge in [0, 0.05) is 54.0 Å². The first-order valence-electron chi connectivity index (χ1n) is 11.8. The van der Waals surface area contributed by atoms with Crippen LogP contribution in [-0.4, -0.2) is 23.3 Å². The first kappa shape index (κ1) is 23.6. The molecule has 0 bridgehead atoms. The Morgan fingerprint density at radius 1 is 0.917 bits per heavy atom. The smallest absolute Gasteiger partial charge is 0.255 e. The van der Waals surface area contributed by atoms with Crippen LogP contribution in [0, 0.1) is 0 Å². The van der Waals surface area contributed by atoms with Crippen LogP contribution >= 0.6 is 11.6 Å². The number of nitrogens with one attached hydrogen (secondary N) is 2. The van der Waals surface area contributed by atoms with Crippen LogP contribution in [0.15, 0.2) is 91.3 Å². The summed E-state index contributed by atoms with van der Waals surface area (Å²) < 4.78 is 0. The van der Waals surface area contributed by atoms with Crippen molar-refractivity contribution in [3.05, 3.63) is 124 Å². The van der Waals surface area contributed by atoms with Gasteiger partial charge in [-0.05, 0) is 71.6 Å². The molecule has 2 heterocycles. The maximum Gasteiger partial charge on any atom is 0.255 e. The van der Waals surface area contributed by atoms with Gasteiger partial charge in [-0.3, -0.25) is 14.6 Å². The molecular weight excluding hydrogens is 472 g/mol. The van der Waals surface area contributed by atoms with Gasteiger partial charge in [0.05, 0.1) is 5.56 Å². The number of amides is 2. The topological polar surface area (TPSA) is 74.3 Å². The zero-order chi connectivity index (χ0) is 24.9. The molecule has 1 aliphatic heterocycles. The van der Waals surface area contributed by atoms with Crippen molar-refractivity contribution in [3.8, 4) is 0 Å². The average molecular weight is 497 g/mol. The third kappa shape index (κ3) is 5.39. The number of rotatable bonds is 6. The third-order valence-corrected chi connectivity index (χ3v) is 6.50. The molecule has 7 heteroatoms. The van der Waals surface area contributed by atoms with Gasteiger partial charge in [-0.15, -0.1) is 0 Å². The lowest BCUT2D eigenvalue weighted by Crippen LogP contribution is -2.33. The van der Waals surface area contributed by atoms with E-state index in [1.54, 1.807) is 42.7 Å². The number of carbonyl (C=O) groups excluding carboxylic acids is 2. The van der Waals surface area contributed by atoms with E-state index in [1.807, 2.05) is 30.3 Å². The zero-order valence-electron chi connectivity index (χ0n) is 19.6. The molecule has 36 heavy (non-hydrogen) atoms. The SMILES string of the molecule is O=C(Nc1ccc(N2CCc3ccccc3C2)c(C(=O)NCc2cccnc2)c1)c1ccc(Cl)cc1. The highest BCUT2D eigenvalue weighted by molar-refractivity contribution is 6.30. The summed E-state index contributed by atoms with van der Waals surface area (Å²) in [4.78, 5) is 32.5. The normalized spacial score (nSPS) is 12.5. The van der Waals surface area contributed by atoms with Crippen LogP contribution in [0.1, 0.15) is 37.4 Å². The van der Waals surface area contributed by atoms with Gasteiger partial charge in [-0.1, -0.05) is 41.9 Å². The number of fused-ring (bicyclic) bond motifs is 1. The van der Waals surface area contributed by atoms with E-state index in [1.165, 1.54) is 11.1 Å². The second-order valence-corrected chi connectivity index (χ2v) is 9.11. The van der Waals surface area contributed by atoms with Gasteiger partial charge in [0.25, 0.3) is 11.8 Å². The summed E-state index contributed by atoms with van der Waals surface area (Å²) in [6.45, 7) is 1.88. The van der Waals surface area contributed by atoms with Crippen molar-refractivity contribution in [1.82, 2.24) is 10.3 Å². The second-order valence-electron chi connectivity index (χ2n) is 8.68. The molecule has 2 N–H and O–H groups in total. The number of pyridine rings is 1. The van der Waals surface area contributed by atoms with E-state index in [2.05, 4.69) is 38.7 Å². The molecule has 180 valence electrons. The highest BCUT2D eigenvalue weighted by Gasteiger charge is 2.22. The molecular formula is C29H25ClN4O2. The lowest BCUT2D eigenvalue weighted by molar-refractivity contribution is 0.0950. The molecule has 0 atom stereocenters. The molecule has 4 aromatic rings. The molecule has 0 fully saturated rings. The molecule has 2 amide bonds. The average Bonchev–Trinajstić information content (AvgIpc) is 2.92. The van der Waals surface area contributed by atoms with E-state index in [0.717, 1.165) is 30.8 Å². The number of nitrogens with zero attached hydrogens (tertiary/aromatic N) is 2. The largest absolute Gasteiger partial charge is 0.366 e. The van der Waals surface area contributed by atoms with E-state index >= 15 is 0 Å². The zero-order valence-corrected chi connectivity index (χ0v) is 20.3. The third-order valence-electron chi connectivity index (χ3n) is 6.25. The van der Waals surface area contributed by atoms with Crippen LogP contribution in [-0.2, 0) is 19.5 Å². The molecule has 0 aliphatic carbocycles. The van der Waals surface area contributed by atoms with E-state index in [-0.39, 0.29) is 11.8 Å².